The molecule has 1 amide bonds. The Labute approximate surface area is 241 Å². The lowest BCUT2D eigenvalue weighted by Crippen LogP contribution is -2.60. The van der Waals surface area contributed by atoms with Gasteiger partial charge >= 0.3 is 0 Å². The molecule has 1 saturated heterocycles. The average Bonchev–Trinajstić information content (AvgIpc) is 2.92. The van der Waals surface area contributed by atoms with E-state index in [4.69, 9.17) is 0 Å². The molecule has 4 rings (SSSR count). The lowest BCUT2D eigenvalue weighted by atomic mass is 9.78. The maximum Gasteiger partial charge on any atom is 0.217 e. The SMILES string of the molecule is CC(=O)NC(Cc1cc(F)cc(F)c1)C(O)CNC1(c2cccc(C(C)(C)C)c2)CCC(Nc2ccccn2)NC1. The summed E-state index contributed by atoms with van der Waals surface area (Å²) in [6.45, 7) is 8.62. The molecular weight excluding hydrogens is 524 g/mol. The van der Waals surface area contributed by atoms with Crippen molar-refractivity contribution in [3.63, 3.8) is 0 Å². The van der Waals surface area contributed by atoms with E-state index in [1.165, 1.54) is 24.6 Å². The van der Waals surface area contributed by atoms with Crippen LogP contribution in [0.1, 0.15) is 57.2 Å². The number of piperidine rings is 1. The van der Waals surface area contributed by atoms with Crippen molar-refractivity contribution in [1.82, 2.24) is 20.9 Å². The number of carbonyl (C=O) groups is 1. The highest BCUT2D eigenvalue weighted by Gasteiger charge is 2.38. The summed E-state index contributed by atoms with van der Waals surface area (Å²) in [6, 6.07) is 16.7. The highest BCUT2D eigenvalue weighted by Crippen LogP contribution is 2.33. The molecule has 220 valence electrons. The number of carbonyl (C=O) groups excluding carboxylic acids is 1. The Morgan fingerprint density at radius 1 is 1.12 bits per heavy atom. The van der Waals surface area contributed by atoms with E-state index in [-0.39, 0.29) is 30.5 Å². The van der Waals surface area contributed by atoms with Crippen LogP contribution in [0.3, 0.4) is 0 Å². The van der Waals surface area contributed by atoms with Crippen molar-refractivity contribution in [3.8, 4) is 0 Å². The molecule has 2 aromatic carbocycles. The van der Waals surface area contributed by atoms with Gasteiger partial charge in [0.1, 0.15) is 17.5 Å². The summed E-state index contributed by atoms with van der Waals surface area (Å²) in [5, 5.41) is 24.7. The fourth-order valence-corrected chi connectivity index (χ4v) is 5.38. The Balaban J connectivity index is 1.54. The minimum Gasteiger partial charge on any atom is -0.390 e. The van der Waals surface area contributed by atoms with Gasteiger partial charge in [-0.05, 0) is 65.6 Å². The van der Waals surface area contributed by atoms with E-state index >= 15 is 0 Å². The van der Waals surface area contributed by atoms with Crippen LogP contribution in [0, 0.1) is 11.6 Å². The molecule has 1 aliphatic heterocycles. The van der Waals surface area contributed by atoms with Crippen LogP contribution in [0.25, 0.3) is 0 Å². The smallest absolute Gasteiger partial charge is 0.217 e. The lowest BCUT2D eigenvalue weighted by molar-refractivity contribution is -0.120. The molecule has 1 aromatic heterocycles. The van der Waals surface area contributed by atoms with E-state index in [0.29, 0.717) is 12.1 Å². The molecule has 4 atom stereocenters. The van der Waals surface area contributed by atoms with E-state index in [2.05, 4.69) is 71.3 Å². The Kier molecular flexibility index (Phi) is 9.73. The second kappa shape index (κ2) is 13.1. The number of nitrogens with one attached hydrogen (secondary N) is 4. The number of rotatable bonds is 10. The van der Waals surface area contributed by atoms with E-state index in [9.17, 15) is 18.7 Å². The number of amides is 1. The predicted molar refractivity (Wildman–Crippen MR) is 157 cm³/mol. The molecule has 0 aliphatic carbocycles. The zero-order valence-electron chi connectivity index (χ0n) is 24.2. The molecule has 5 N–H and O–H groups in total. The Hall–Kier alpha value is -3.40. The summed E-state index contributed by atoms with van der Waals surface area (Å²) >= 11 is 0. The molecular formula is C32H41F2N5O2. The van der Waals surface area contributed by atoms with Gasteiger partial charge in [0.15, 0.2) is 0 Å². The fraction of sp³-hybridized carbons (Fsp3) is 0.438. The minimum absolute atomic E-state index is 0.0190. The van der Waals surface area contributed by atoms with Crippen LogP contribution in [0.2, 0.25) is 0 Å². The minimum atomic E-state index is -1.02. The summed E-state index contributed by atoms with van der Waals surface area (Å²) in [7, 11) is 0. The van der Waals surface area contributed by atoms with Crippen molar-refractivity contribution in [2.75, 3.05) is 18.4 Å². The van der Waals surface area contributed by atoms with E-state index in [0.717, 1.165) is 30.3 Å². The number of pyridine rings is 1. The van der Waals surface area contributed by atoms with Gasteiger partial charge in [0.2, 0.25) is 5.91 Å². The molecule has 1 aliphatic rings. The van der Waals surface area contributed by atoms with Gasteiger partial charge in [-0.3, -0.25) is 10.1 Å². The molecule has 0 spiro atoms. The first-order valence-electron chi connectivity index (χ1n) is 14.1. The van der Waals surface area contributed by atoms with Crippen molar-refractivity contribution < 1.29 is 18.7 Å². The number of hydrogen-bond donors (Lipinski definition) is 5. The van der Waals surface area contributed by atoms with Gasteiger partial charge in [0, 0.05) is 32.3 Å². The maximum absolute atomic E-state index is 13.8. The predicted octanol–water partition coefficient (Wildman–Crippen LogP) is 4.37. The number of halogens is 2. The van der Waals surface area contributed by atoms with Gasteiger partial charge in [-0.25, -0.2) is 13.8 Å². The highest BCUT2D eigenvalue weighted by molar-refractivity contribution is 5.73. The monoisotopic (exact) mass is 565 g/mol. The number of anilines is 1. The quantitative estimate of drug-likeness (QED) is 0.251. The molecule has 0 radical (unpaired) electrons. The molecule has 9 heteroatoms. The van der Waals surface area contributed by atoms with Gasteiger partial charge in [-0.15, -0.1) is 0 Å². The fourth-order valence-electron chi connectivity index (χ4n) is 5.38. The Bertz CT molecular complexity index is 1290. The van der Waals surface area contributed by atoms with E-state index in [1.807, 2.05) is 18.2 Å². The lowest BCUT2D eigenvalue weighted by Gasteiger charge is -2.43. The van der Waals surface area contributed by atoms with Crippen LogP contribution in [0.4, 0.5) is 14.6 Å². The van der Waals surface area contributed by atoms with Gasteiger partial charge < -0.3 is 21.1 Å². The summed E-state index contributed by atoms with van der Waals surface area (Å²) in [6.07, 6.45) is 2.39. The summed E-state index contributed by atoms with van der Waals surface area (Å²) in [5.41, 5.74) is 2.11. The first-order valence-corrected chi connectivity index (χ1v) is 14.1. The average molecular weight is 566 g/mol. The number of hydrogen-bond acceptors (Lipinski definition) is 6. The third kappa shape index (κ3) is 8.31. The zero-order chi connectivity index (χ0) is 29.6. The summed E-state index contributed by atoms with van der Waals surface area (Å²) in [4.78, 5) is 16.4. The third-order valence-corrected chi connectivity index (χ3v) is 7.66. The molecule has 2 heterocycles. The van der Waals surface area contributed by atoms with Crippen LogP contribution in [-0.2, 0) is 22.2 Å². The van der Waals surface area contributed by atoms with Crippen molar-refractivity contribution >= 4 is 11.7 Å². The van der Waals surface area contributed by atoms with E-state index in [1.54, 1.807) is 6.20 Å². The topological polar surface area (TPSA) is 98.3 Å². The Morgan fingerprint density at radius 2 is 1.88 bits per heavy atom. The molecule has 0 bridgehead atoms. The summed E-state index contributed by atoms with van der Waals surface area (Å²) in [5.74, 6) is -0.938. The molecule has 7 nitrogen and oxygen atoms in total. The number of nitrogens with zero attached hydrogens (tertiary/aromatic N) is 1. The van der Waals surface area contributed by atoms with Gasteiger partial charge in [-0.2, -0.15) is 0 Å². The van der Waals surface area contributed by atoms with Gasteiger partial charge in [-0.1, -0.05) is 51.1 Å². The largest absolute Gasteiger partial charge is 0.390 e. The van der Waals surface area contributed by atoms with E-state index < -0.39 is 29.3 Å². The Morgan fingerprint density at radius 3 is 2.49 bits per heavy atom. The molecule has 41 heavy (non-hydrogen) atoms. The molecule has 4 unspecified atom stereocenters. The zero-order valence-corrected chi connectivity index (χ0v) is 24.2. The van der Waals surface area contributed by atoms with Crippen LogP contribution in [-0.4, -0.2) is 47.4 Å². The van der Waals surface area contributed by atoms with Crippen molar-refractivity contribution in [1.29, 1.82) is 0 Å². The third-order valence-electron chi connectivity index (χ3n) is 7.66. The van der Waals surface area contributed by atoms with Gasteiger partial charge in [0.25, 0.3) is 0 Å². The standard InChI is InChI=1S/C32H41F2N5O2/c1-21(40)38-27(16-22-14-25(33)18-26(34)15-22)28(41)19-37-32(24-9-7-8-23(17-24)31(2,3)4)12-11-30(36-20-32)39-29-10-5-6-13-35-29/h5-10,13-15,17-18,27-28,30,36-37,41H,11-12,16,19-20H2,1-4H3,(H,35,39)(H,38,40). The van der Waals surface area contributed by atoms with Crippen molar-refractivity contribution in [2.24, 2.45) is 0 Å². The van der Waals surface area contributed by atoms with Crippen LogP contribution in [0.15, 0.2) is 66.9 Å². The number of benzene rings is 2. The van der Waals surface area contributed by atoms with Crippen LogP contribution in [0.5, 0.6) is 0 Å². The second-order valence-corrected chi connectivity index (χ2v) is 12.0. The number of aliphatic hydroxyl groups excluding tert-OH is 1. The molecule has 0 saturated carbocycles. The van der Waals surface area contributed by atoms with Crippen LogP contribution < -0.4 is 21.3 Å². The highest BCUT2D eigenvalue weighted by atomic mass is 19.1. The van der Waals surface area contributed by atoms with Crippen molar-refractivity contribution in [2.45, 2.75) is 76.2 Å². The first-order chi connectivity index (χ1) is 19.4. The molecule has 1 fully saturated rings. The number of aromatic nitrogens is 1. The maximum atomic E-state index is 13.8. The number of aliphatic hydroxyl groups is 1. The molecule has 3 aromatic rings. The van der Waals surface area contributed by atoms with Crippen molar-refractivity contribution in [3.05, 3.63) is 95.2 Å². The summed E-state index contributed by atoms with van der Waals surface area (Å²) < 4.78 is 27.7. The van der Waals surface area contributed by atoms with Crippen LogP contribution >= 0.6 is 0 Å². The second-order valence-electron chi connectivity index (χ2n) is 12.0. The normalized spacial score (nSPS) is 20.7. The first kappa shape index (κ1) is 30.6. The van der Waals surface area contributed by atoms with Gasteiger partial charge in [0.05, 0.1) is 23.9 Å².